The average molecular weight is 543 g/mol. The molecule has 0 fully saturated rings. The van der Waals surface area contributed by atoms with E-state index in [1.165, 1.54) is 5.56 Å². The van der Waals surface area contributed by atoms with E-state index in [4.69, 9.17) is 37.9 Å². The second kappa shape index (κ2) is 24.3. The molecule has 0 saturated carbocycles. The standard InChI is InChI=1S/C13H20N2O2.C8H12N2.ClH.3F2.FH/c1-9(2)10-6-7-11(14-8-10)15-12(16)17-13(3,4)5;1-6(2)7-3-4-8(9)10-5-7;;3*1-2;/h6-9H,1-5H3,(H,14,15,16);3-6H,1-2H3,(H2,9,10);1H;;;;1H. The highest BCUT2D eigenvalue weighted by Gasteiger charge is 2.16. The van der Waals surface area contributed by atoms with Crippen molar-refractivity contribution in [1.29, 1.82) is 0 Å². The van der Waals surface area contributed by atoms with Crippen molar-refractivity contribution in [3.8, 4) is 0 Å². The molecule has 35 heavy (non-hydrogen) atoms. The van der Waals surface area contributed by atoms with E-state index in [2.05, 4.69) is 43.0 Å². The molecule has 2 rings (SSSR count). The summed E-state index contributed by atoms with van der Waals surface area (Å²) in [5.74, 6) is 2.05. The van der Waals surface area contributed by atoms with E-state index in [1.54, 1.807) is 12.3 Å². The number of carbonyl (C=O) groups excluding carboxylic acids is 1. The predicted molar refractivity (Wildman–Crippen MR) is 127 cm³/mol. The maximum atomic E-state index is 11.5. The number of ether oxygens (including phenoxy) is 1. The number of halogens is 8. The molecule has 0 aliphatic carbocycles. The van der Waals surface area contributed by atoms with Gasteiger partial charge in [-0.3, -0.25) is 10.0 Å². The molecule has 2 heterocycles. The summed E-state index contributed by atoms with van der Waals surface area (Å²) in [6.45, 7) is 13.9. The second-order valence-corrected chi connectivity index (χ2v) is 7.93. The van der Waals surface area contributed by atoms with Gasteiger partial charge in [-0.15, -0.1) is 12.4 Å². The Labute approximate surface area is 207 Å². The number of hydrogen-bond acceptors (Lipinski definition) is 5. The summed E-state index contributed by atoms with van der Waals surface area (Å²) >= 11 is 0. The van der Waals surface area contributed by atoms with E-state index in [0.717, 1.165) is 5.56 Å². The molecule has 0 aromatic carbocycles. The van der Waals surface area contributed by atoms with E-state index in [-0.39, 0.29) is 17.1 Å². The van der Waals surface area contributed by atoms with Gasteiger partial charge in [-0.2, -0.15) is 0 Å². The van der Waals surface area contributed by atoms with Crippen molar-refractivity contribution in [2.45, 2.75) is 65.9 Å². The summed E-state index contributed by atoms with van der Waals surface area (Å²) in [6.07, 6.45) is 3.10. The summed E-state index contributed by atoms with van der Waals surface area (Å²) in [7, 11) is 0. The maximum Gasteiger partial charge on any atom is 0.413 e. The minimum Gasteiger partial charge on any atom is -0.444 e. The van der Waals surface area contributed by atoms with Crippen LogP contribution in [0.25, 0.3) is 0 Å². The molecule has 0 radical (unpaired) electrons. The first-order valence-corrected chi connectivity index (χ1v) is 9.58. The third-order valence-electron chi connectivity index (χ3n) is 3.56. The first-order chi connectivity index (χ1) is 15.5. The number of nitrogens with two attached hydrogens (primary N) is 1. The summed E-state index contributed by atoms with van der Waals surface area (Å²) in [5.41, 5.74) is 7.29. The van der Waals surface area contributed by atoms with Crippen molar-refractivity contribution >= 4 is 30.1 Å². The van der Waals surface area contributed by atoms with E-state index in [0.29, 0.717) is 23.5 Å². The van der Waals surface area contributed by atoms with Crippen molar-refractivity contribution in [3.05, 3.63) is 47.8 Å². The largest absolute Gasteiger partial charge is 0.444 e. The minimum atomic E-state index is -0.498. The molecule has 0 aliphatic heterocycles. The Morgan fingerprint density at radius 3 is 1.54 bits per heavy atom. The summed E-state index contributed by atoms with van der Waals surface area (Å²) in [6, 6.07) is 7.56. The van der Waals surface area contributed by atoms with Crippen molar-refractivity contribution in [2.24, 2.45) is 0 Å². The topological polar surface area (TPSA) is 90.1 Å². The minimum absolute atomic E-state index is 0. The van der Waals surface area contributed by atoms with Crippen LogP contribution in [0, 0.1) is 0 Å². The highest BCUT2D eigenvalue weighted by atomic mass is 35.5. The lowest BCUT2D eigenvalue weighted by Crippen LogP contribution is -2.27. The molecule has 0 bridgehead atoms. The molecule has 3 N–H and O–H groups in total. The van der Waals surface area contributed by atoms with Crippen molar-refractivity contribution < 1.29 is 41.7 Å². The van der Waals surface area contributed by atoms with Crippen LogP contribution in [0.5, 0.6) is 0 Å². The zero-order chi connectivity index (χ0) is 26.6. The van der Waals surface area contributed by atoms with Crippen LogP contribution >= 0.6 is 12.4 Å². The quantitative estimate of drug-likeness (QED) is 0.380. The predicted octanol–water partition coefficient (Wildman–Crippen LogP) is 8.43. The van der Waals surface area contributed by atoms with Crippen LogP contribution in [0.3, 0.4) is 0 Å². The fraction of sp³-hybridized carbons (Fsp3) is 0.476. The van der Waals surface area contributed by atoms with Gasteiger partial charge >= 0.3 is 6.09 Å². The Bertz CT molecular complexity index is 734. The van der Waals surface area contributed by atoms with Crippen LogP contribution in [0.2, 0.25) is 0 Å². The molecule has 1 amide bonds. The number of carbonyl (C=O) groups is 1. The molecule has 6 nitrogen and oxygen atoms in total. The lowest BCUT2D eigenvalue weighted by Gasteiger charge is -2.19. The Kier molecular flexibility index (Phi) is 29.4. The molecule has 2 aromatic heterocycles. The van der Waals surface area contributed by atoms with E-state index >= 15 is 0 Å². The number of hydrogen-bond donors (Lipinski definition) is 2. The molecule has 0 atom stereocenters. The summed E-state index contributed by atoms with van der Waals surface area (Å²) in [5, 5.41) is 2.59. The zero-order valence-corrected chi connectivity index (χ0v) is 21.3. The first-order valence-electron chi connectivity index (χ1n) is 9.58. The molecule has 0 saturated heterocycles. The second-order valence-electron chi connectivity index (χ2n) is 7.93. The van der Waals surface area contributed by atoms with Crippen molar-refractivity contribution in [2.75, 3.05) is 11.1 Å². The van der Waals surface area contributed by atoms with Gasteiger partial charge in [-0.05, 0) is 55.9 Å². The van der Waals surface area contributed by atoms with Crippen LogP contribution in [-0.4, -0.2) is 21.7 Å². The smallest absolute Gasteiger partial charge is 0.413 e. The number of amides is 1. The molecule has 0 spiro atoms. The van der Waals surface area contributed by atoms with Crippen molar-refractivity contribution in [3.63, 3.8) is 0 Å². The normalized spacial score (nSPS) is 9.00. The summed E-state index contributed by atoms with van der Waals surface area (Å²) in [4.78, 5) is 19.6. The molecule has 0 unspecified atom stereocenters. The van der Waals surface area contributed by atoms with Crippen LogP contribution in [-0.2, 0) is 4.74 Å². The van der Waals surface area contributed by atoms with Gasteiger partial charge in [0.2, 0.25) is 0 Å². The molecule has 14 heteroatoms. The van der Waals surface area contributed by atoms with Gasteiger partial charge in [-0.25, -0.2) is 14.8 Å². The van der Waals surface area contributed by atoms with Gasteiger partial charge in [0.15, 0.2) is 0 Å². The fourth-order valence-electron chi connectivity index (χ4n) is 1.99. The highest BCUT2D eigenvalue weighted by molar-refractivity contribution is 5.85. The van der Waals surface area contributed by atoms with Gasteiger partial charge < -0.3 is 10.5 Å². The molecular formula is C21H34ClF7N4O2. The number of anilines is 2. The summed E-state index contributed by atoms with van der Waals surface area (Å²) < 4.78 is 53.1. The van der Waals surface area contributed by atoms with Gasteiger partial charge in [0, 0.05) is 39.8 Å². The Morgan fingerprint density at radius 2 is 1.26 bits per heavy atom. The SMILES string of the molecule is CC(C)c1ccc(N)nc1.CC(C)c1ccc(NC(=O)OC(C)(C)C)nc1.Cl.F.FF.FF.FF. The van der Waals surface area contributed by atoms with Crippen LogP contribution < -0.4 is 11.1 Å². The number of pyridine rings is 2. The molecule has 2 aromatic rings. The van der Waals surface area contributed by atoms with Gasteiger partial charge in [0.25, 0.3) is 0 Å². The number of nitrogens with zero attached hydrogens (tertiary/aromatic N) is 2. The highest BCUT2D eigenvalue weighted by Crippen LogP contribution is 2.15. The Balaban J connectivity index is -0.000000144. The molecular weight excluding hydrogens is 509 g/mol. The lowest BCUT2D eigenvalue weighted by molar-refractivity contribution is 0.0635. The van der Waals surface area contributed by atoms with Gasteiger partial charge in [0.1, 0.15) is 17.2 Å². The number of nitrogens with one attached hydrogen (secondary N) is 1. The van der Waals surface area contributed by atoms with E-state index in [1.807, 2.05) is 45.2 Å². The number of rotatable bonds is 3. The van der Waals surface area contributed by atoms with Crippen LogP contribution in [0.15, 0.2) is 36.7 Å². The fourth-order valence-corrected chi connectivity index (χ4v) is 1.99. The third-order valence-corrected chi connectivity index (χ3v) is 3.56. The van der Waals surface area contributed by atoms with E-state index < -0.39 is 11.7 Å². The van der Waals surface area contributed by atoms with Gasteiger partial charge in [0.05, 0.1) is 0 Å². The monoisotopic (exact) mass is 542 g/mol. The van der Waals surface area contributed by atoms with E-state index in [9.17, 15) is 4.79 Å². The van der Waals surface area contributed by atoms with Gasteiger partial charge in [-0.1, -0.05) is 39.8 Å². The Morgan fingerprint density at radius 1 is 0.857 bits per heavy atom. The lowest BCUT2D eigenvalue weighted by atomic mass is 10.1. The Hall–Kier alpha value is -2.83. The average Bonchev–Trinajstić information content (AvgIpc) is 2.78. The zero-order valence-electron chi connectivity index (χ0n) is 20.5. The molecule has 0 aliphatic rings. The number of nitrogen functional groups attached to an aromatic ring is 1. The number of aromatic nitrogens is 2. The maximum absolute atomic E-state index is 11.5. The first kappa shape index (κ1) is 42.3. The van der Waals surface area contributed by atoms with Crippen LogP contribution in [0.4, 0.5) is 48.6 Å². The van der Waals surface area contributed by atoms with Crippen molar-refractivity contribution in [1.82, 2.24) is 9.97 Å². The molecule has 206 valence electrons. The third kappa shape index (κ3) is 22.7. The van der Waals surface area contributed by atoms with Crippen LogP contribution in [0.1, 0.15) is 71.4 Å².